The quantitative estimate of drug-likeness (QED) is 0.455. The third-order valence-corrected chi connectivity index (χ3v) is 8.83. The maximum Gasteiger partial charge on any atom is 0.253 e. The summed E-state index contributed by atoms with van der Waals surface area (Å²) < 4.78 is 26.5. The van der Waals surface area contributed by atoms with Gasteiger partial charge in [-0.15, -0.1) is 0 Å². The maximum absolute atomic E-state index is 13.6. The fourth-order valence-electron chi connectivity index (χ4n) is 4.54. The summed E-state index contributed by atoms with van der Waals surface area (Å²) in [6, 6.07) is 14.7. The molecule has 2 amide bonds. The number of nitrogens with zero attached hydrogens (tertiary/aromatic N) is 3. The Morgan fingerprint density at radius 2 is 1.67 bits per heavy atom. The van der Waals surface area contributed by atoms with Crippen LogP contribution in [0, 0.1) is 6.92 Å². The van der Waals surface area contributed by atoms with E-state index in [2.05, 4.69) is 0 Å². The molecule has 7 nitrogen and oxygen atoms in total. The molecule has 0 unspecified atom stereocenters. The number of sulfonamides is 1. The van der Waals surface area contributed by atoms with Crippen molar-refractivity contribution in [3.05, 3.63) is 70.2 Å². The smallest absolute Gasteiger partial charge is 0.253 e. The first-order valence-corrected chi connectivity index (χ1v) is 14.5. The van der Waals surface area contributed by atoms with Crippen molar-refractivity contribution in [1.29, 1.82) is 0 Å². The second kappa shape index (κ2) is 12.7. The van der Waals surface area contributed by atoms with E-state index in [4.69, 9.17) is 11.6 Å². The average molecular weight is 534 g/mol. The highest BCUT2D eigenvalue weighted by molar-refractivity contribution is 7.89. The minimum absolute atomic E-state index is 0.0384. The van der Waals surface area contributed by atoms with Crippen LogP contribution in [0.25, 0.3) is 0 Å². The van der Waals surface area contributed by atoms with Gasteiger partial charge in [0.2, 0.25) is 15.9 Å². The van der Waals surface area contributed by atoms with Gasteiger partial charge in [0.05, 0.1) is 12.3 Å². The Morgan fingerprint density at radius 3 is 2.25 bits per heavy atom. The van der Waals surface area contributed by atoms with Crippen molar-refractivity contribution in [2.75, 3.05) is 31.9 Å². The van der Waals surface area contributed by atoms with Crippen LogP contribution in [-0.4, -0.2) is 72.3 Å². The lowest BCUT2D eigenvalue weighted by Gasteiger charge is -2.39. The Balaban J connectivity index is 1.77. The summed E-state index contributed by atoms with van der Waals surface area (Å²) in [7, 11) is -3.49. The summed E-state index contributed by atoms with van der Waals surface area (Å²) in [6.45, 7) is 7.12. The van der Waals surface area contributed by atoms with E-state index in [1.54, 1.807) is 36.1 Å². The number of piperidine rings is 1. The minimum Gasteiger partial charge on any atom is -0.338 e. The molecular formula is C27H36ClN3O4S. The molecule has 1 saturated heterocycles. The summed E-state index contributed by atoms with van der Waals surface area (Å²) in [5.74, 6) is -0.292. The molecule has 0 aromatic heterocycles. The summed E-state index contributed by atoms with van der Waals surface area (Å²) in [6.07, 6.45) is 1.89. The SMILES string of the molecule is CCCN(CC(=O)N(Cc1ccccc1C)C1CCN(C(=O)c2ccc(Cl)cc2)CC1)S(=O)(=O)CC. The van der Waals surface area contributed by atoms with Crippen molar-refractivity contribution in [3.8, 4) is 0 Å². The van der Waals surface area contributed by atoms with E-state index in [-0.39, 0.29) is 30.2 Å². The molecule has 196 valence electrons. The van der Waals surface area contributed by atoms with E-state index >= 15 is 0 Å². The molecule has 0 bridgehead atoms. The molecule has 1 fully saturated rings. The molecule has 1 heterocycles. The number of carbonyl (C=O) groups is 2. The van der Waals surface area contributed by atoms with Crippen LogP contribution in [-0.2, 0) is 21.4 Å². The molecule has 2 aromatic rings. The lowest BCUT2D eigenvalue weighted by atomic mass is 10.00. The normalized spacial score (nSPS) is 14.8. The minimum atomic E-state index is -3.49. The molecule has 1 aliphatic rings. The Labute approximate surface area is 220 Å². The number of hydrogen-bond acceptors (Lipinski definition) is 4. The highest BCUT2D eigenvalue weighted by atomic mass is 35.5. The standard InChI is InChI=1S/C27H36ClN3O4S/c1-4-16-30(36(34,35)5-2)20-26(32)31(19-23-9-7-6-8-21(23)3)25-14-17-29(18-15-25)27(33)22-10-12-24(28)13-11-22/h6-13,25H,4-5,14-20H2,1-3H3. The van der Waals surface area contributed by atoms with E-state index < -0.39 is 10.0 Å². The predicted molar refractivity (Wildman–Crippen MR) is 143 cm³/mol. The van der Waals surface area contributed by atoms with Crippen LogP contribution in [0.2, 0.25) is 5.02 Å². The second-order valence-corrected chi connectivity index (χ2v) is 11.9. The fourth-order valence-corrected chi connectivity index (χ4v) is 5.80. The molecule has 0 N–H and O–H groups in total. The summed E-state index contributed by atoms with van der Waals surface area (Å²) in [5.41, 5.74) is 2.70. The molecule has 1 aliphatic heterocycles. The number of likely N-dealkylation sites (tertiary alicyclic amines) is 1. The molecule has 0 saturated carbocycles. The van der Waals surface area contributed by atoms with Gasteiger partial charge in [-0.3, -0.25) is 9.59 Å². The van der Waals surface area contributed by atoms with E-state index in [1.807, 2.05) is 43.0 Å². The molecule has 2 aromatic carbocycles. The number of benzene rings is 2. The molecule has 0 atom stereocenters. The summed E-state index contributed by atoms with van der Waals surface area (Å²) in [5, 5.41) is 0.581. The third-order valence-electron chi connectivity index (χ3n) is 6.75. The van der Waals surface area contributed by atoms with Crippen molar-refractivity contribution in [3.63, 3.8) is 0 Å². The summed E-state index contributed by atoms with van der Waals surface area (Å²) in [4.78, 5) is 30.2. The molecule has 0 aliphatic carbocycles. The Kier molecular flexibility index (Phi) is 9.93. The van der Waals surface area contributed by atoms with Crippen LogP contribution in [0.1, 0.15) is 54.6 Å². The van der Waals surface area contributed by atoms with E-state index in [0.29, 0.717) is 56.0 Å². The van der Waals surface area contributed by atoms with Crippen LogP contribution in [0.3, 0.4) is 0 Å². The van der Waals surface area contributed by atoms with Gasteiger partial charge < -0.3 is 9.80 Å². The first kappa shape index (κ1) is 28.2. The van der Waals surface area contributed by atoms with Crippen LogP contribution >= 0.6 is 11.6 Å². The number of amides is 2. The van der Waals surface area contributed by atoms with Gasteiger partial charge in [-0.25, -0.2) is 8.42 Å². The van der Waals surface area contributed by atoms with Crippen LogP contribution in [0.5, 0.6) is 0 Å². The van der Waals surface area contributed by atoms with Crippen molar-refractivity contribution < 1.29 is 18.0 Å². The molecule has 36 heavy (non-hydrogen) atoms. The van der Waals surface area contributed by atoms with E-state index in [0.717, 1.165) is 11.1 Å². The lowest BCUT2D eigenvalue weighted by Crippen LogP contribution is -2.51. The van der Waals surface area contributed by atoms with Gasteiger partial charge in [-0.2, -0.15) is 4.31 Å². The average Bonchev–Trinajstić information content (AvgIpc) is 2.88. The Hall–Kier alpha value is -2.42. The largest absolute Gasteiger partial charge is 0.338 e. The van der Waals surface area contributed by atoms with Crippen molar-refractivity contribution >= 4 is 33.4 Å². The van der Waals surface area contributed by atoms with Crippen molar-refractivity contribution in [1.82, 2.24) is 14.1 Å². The van der Waals surface area contributed by atoms with Gasteiger partial charge in [-0.1, -0.05) is 42.8 Å². The highest BCUT2D eigenvalue weighted by Crippen LogP contribution is 2.23. The zero-order chi connectivity index (χ0) is 26.3. The number of halogens is 1. The maximum atomic E-state index is 13.6. The number of aryl methyl sites for hydroxylation is 1. The van der Waals surface area contributed by atoms with Gasteiger partial charge >= 0.3 is 0 Å². The first-order valence-electron chi connectivity index (χ1n) is 12.5. The number of hydrogen-bond donors (Lipinski definition) is 0. The van der Waals surface area contributed by atoms with Crippen LogP contribution < -0.4 is 0 Å². The Morgan fingerprint density at radius 1 is 1.03 bits per heavy atom. The zero-order valence-electron chi connectivity index (χ0n) is 21.3. The Bertz CT molecular complexity index is 1150. The zero-order valence-corrected chi connectivity index (χ0v) is 22.9. The molecule has 0 radical (unpaired) electrons. The topological polar surface area (TPSA) is 78.0 Å². The summed E-state index contributed by atoms with van der Waals surface area (Å²) >= 11 is 5.95. The van der Waals surface area contributed by atoms with Gasteiger partial charge in [0.25, 0.3) is 5.91 Å². The number of rotatable bonds is 10. The molecule has 3 rings (SSSR count). The van der Waals surface area contributed by atoms with Gasteiger partial charge in [-0.05, 0) is 68.5 Å². The van der Waals surface area contributed by atoms with Crippen LogP contribution in [0.4, 0.5) is 0 Å². The highest BCUT2D eigenvalue weighted by Gasteiger charge is 2.32. The monoisotopic (exact) mass is 533 g/mol. The predicted octanol–water partition coefficient (Wildman–Crippen LogP) is 4.34. The van der Waals surface area contributed by atoms with Crippen LogP contribution in [0.15, 0.2) is 48.5 Å². The van der Waals surface area contributed by atoms with Gasteiger partial charge in [0.15, 0.2) is 0 Å². The molecule has 0 spiro atoms. The van der Waals surface area contributed by atoms with E-state index in [1.165, 1.54) is 4.31 Å². The lowest BCUT2D eigenvalue weighted by molar-refractivity contribution is -0.135. The molecular weight excluding hydrogens is 498 g/mol. The van der Waals surface area contributed by atoms with Gasteiger partial charge in [0, 0.05) is 42.8 Å². The second-order valence-electron chi connectivity index (χ2n) is 9.21. The molecule has 9 heteroatoms. The third kappa shape index (κ3) is 7.08. The first-order chi connectivity index (χ1) is 17.2. The van der Waals surface area contributed by atoms with Gasteiger partial charge in [0.1, 0.15) is 0 Å². The van der Waals surface area contributed by atoms with Crippen molar-refractivity contribution in [2.45, 2.75) is 52.6 Å². The fraction of sp³-hybridized carbons (Fsp3) is 0.481. The number of carbonyl (C=O) groups excluding carboxylic acids is 2. The van der Waals surface area contributed by atoms with E-state index in [9.17, 15) is 18.0 Å². The van der Waals surface area contributed by atoms with Crippen molar-refractivity contribution in [2.24, 2.45) is 0 Å².